The normalized spacial score (nSPS) is 12.0. The molecule has 0 saturated heterocycles. The number of aliphatic hydroxyl groups is 1. The van der Waals surface area contributed by atoms with E-state index in [9.17, 15) is 13.5 Å². The third-order valence-electron chi connectivity index (χ3n) is 3.30. The Morgan fingerprint density at radius 1 is 1.29 bits per heavy atom. The highest BCUT2D eigenvalue weighted by Crippen LogP contribution is 2.15. The largest absolute Gasteiger partial charge is 0.392 e. The molecule has 21 heavy (non-hydrogen) atoms. The van der Waals surface area contributed by atoms with Gasteiger partial charge in [-0.15, -0.1) is 0 Å². The number of aromatic nitrogens is 4. The fourth-order valence-corrected chi connectivity index (χ4v) is 3.28. The number of aliphatic hydroxyl groups excluding tert-OH is 1. The molecule has 0 amide bonds. The summed E-state index contributed by atoms with van der Waals surface area (Å²) in [5.74, 6) is 0. The molecule has 0 aromatic carbocycles. The monoisotopic (exact) mass is 313 g/mol. The Morgan fingerprint density at radius 2 is 2.05 bits per heavy atom. The highest BCUT2D eigenvalue weighted by molar-refractivity contribution is 7.89. The van der Waals surface area contributed by atoms with E-state index in [1.807, 2.05) is 6.92 Å². The molecule has 116 valence electrons. The average Bonchev–Trinajstić information content (AvgIpc) is 3.01. The minimum absolute atomic E-state index is 0.137. The van der Waals surface area contributed by atoms with Crippen LogP contribution in [-0.2, 0) is 23.1 Å². The maximum Gasteiger partial charge on any atom is 0.260 e. The number of sulfonamides is 1. The van der Waals surface area contributed by atoms with Gasteiger partial charge >= 0.3 is 0 Å². The molecular formula is C12H19N5O3S. The predicted octanol–water partition coefficient (Wildman–Crippen LogP) is 0.153. The molecule has 9 heteroatoms. The van der Waals surface area contributed by atoms with E-state index in [-0.39, 0.29) is 11.6 Å². The summed E-state index contributed by atoms with van der Waals surface area (Å²) in [5.41, 5.74) is 2.91. The zero-order valence-corrected chi connectivity index (χ0v) is 12.8. The summed E-state index contributed by atoms with van der Waals surface area (Å²) in [6.45, 7) is 3.52. The van der Waals surface area contributed by atoms with Crippen LogP contribution in [0.3, 0.4) is 0 Å². The first-order chi connectivity index (χ1) is 9.95. The van der Waals surface area contributed by atoms with Crippen LogP contribution in [-0.4, -0.2) is 40.5 Å². The van der Waals surface area contributed by atoms with Crippen LogP contribution in [0.15, 0.2) is 11.2 Å². The Kier molecular flexibility index (Phi) is 4.76. The van der Waals surface area contributed by atoms with Crippen molar-refractivity contribution in [1.29, 1.82) is 0 Å². The van der Waals surface area contributed by atoms with E-state index in [0.29, 0.717) is 24.2 Å². The molecule has 0 aliphatic heterocycles. The number of nitrogens with one attached hydrogen (secondary N) is 3. The Labute approximate surface area is 123 Å². The van der Waals surface area contributed by atoms with E-state index in [1.165, 1.54) is 0 Å². The molecule has 0 atom stereocenters. The van der Waals surface area contributed by atoms with Crippen LogP contribution in [0.4, 0.5) is 0 Å². The molecule has 0 aliphatic carbocycles. The smallest absolute Gasteiger partial charge is 0.260 e. The third kappa shape index (κ3) is 3.49. The van der Waals surface area contributed by atoms with Crippen molar-refractivity contribution in [3.05, 3.63) is 28.7 Å². The summed E-state index contributed by atoms with van der Waals surface area (Å²) in [6, 6.07) is 0. The summed E-state index contributed by atoms with van der Waals surface area (Å²) in [6.07, 6.45) is 3.12. The van der Waals surface area contributed by atoms with Gasteiger partial charge in [0.15, 0.2) is 5.03 Å². The number of aryl methyl sites for hydroxylation is 3. The van der Waals surface area contributed by atoms with Gasteiger partial charge in [0.2, 0.25) is 0 Å². The van der Waals surface area contributed by atoms with Crippen molar-refractivity contribution < 1.29 is 13.5 Å². The number of hydrogen-bond acceptors (Lipinski definition) is 5. The Bertz CT molecular complexity index is 704. The highest BCUT2D eigenvalue weighted by Gasteiger charge is 2.22. The minimum Gasteiger partial charge on any atom is -0.392 e. The lowest BCUT2D eigenvalue weighted by atomic mass is 10.1. The van der Waals surface area contributed by atoms with Crippen molar-refractivity contribution in [2.24, 2.45) is 0 Å². The number of hydrogen-bond donors (Lipinski definition) is 4. The second-order valence-corrected chi connectivity index (χ2v) is 6.49. The molecular weight excluding hydrogens is 294 g/mol. The van der Waals surface area contributed by atoms with E-state index >= 15 is 0 Å². The Hall–Kier alpha value is -1.71. The van der Waals surface area contributed by atoms with Crippen molar-refractivity contribution in [1.82, 2.24) is 25.1 Å². The third-order valence-corrected chi connectivity index (χ3v) is 4.73. The predicted molar refractivity (Wildman–Crippen MR) is 76.1 cm³/mol. The summed E-state index contributed by atoms with van der Waals surface area (Å²) >= 11 is 0. The minimum atomic E-state index is -3.71. The van der Waals surface area contributed by atoms with Crippen molar-refractivity contribution in [2.45, 2.75) is 38.3 Å². The molecule has 0 aliphatic rings. The molecule has 0 bridgehead atoms. The number of rotatable bonds is 7. The van der Waals surface area contributed by atoms with Crippen molar-refractivity contribution >= 4 is 10.0 Å². The lowest BCUT2D eigenvalue weighted by Gasteiger charge is -2.05. The van der Waals surface area contributed by atoms with Crippen molar-refractivity contribution in [2.75, 3.05) is 6.54 Å². The fourth-order valence-electron chi connectivity index (χ4n) is 2.02. The molecule has 8 nitrogen and oxygen atoms in total. The summed E-state index contributed by atoms with van der Waals surface area (Å²) in [4.78, 5) is 0. The molecule has 0 unspecified atom stereocenters. The van der Waals surface area contributed by atoms with E-state index in [1.54, 1.807) is 13.1 Å². The van der Waals surface area contributed by atoms with E-state index in [0.717, 1.165) is 17.7 Å². The van der Waals surface area contributed by atoms with Gasteiger partial charge in [0, 0.05) is 23.5 Å². The first-order valence-electron chi connectivity index (χ1n) is 6.59. The summed E-state index contributed by atoms with van der Waals surface area (Å²) in [7, 11) is -3.71. The van der Waals surface area contributed by atoms with Gasteiger partial charge in [-0.2, -0.15) is 10.2 Å². The molecule has 2 aromatic heterocycles. The van der Waals surface area contributed by atoms with Crippen LogP contribution >= 0.6 is 0 Å². The average molecular weight is 313 g/mol. The highest BCUT2D eigenvalue weighted by atomic mass is 32.2. The topological polar surface area (TPSA) is 124 Å². The maximum absolute atomic E-state index is 12.1. The molecule has 2 aromatic rings. The second kappa shape index (κ2) is 6.37. The standard InChI is InChI=1S/C12H19N5O3S/c1-8-10(6-13-15-8)4-3-5-14-21(19,20)12-11(7-18)9(2)16-17-12/h6,14,18H,3-5,7H2,1-2H3,(H,13,15)(H,16,17). The first-order valence-corrected chi connectivity index (χ1v) is 8.07. The Morgan fingerprint density at radius 3 is 2.67 bits per heavy atom. The molecule has 0 fully saturated rings. The zero-order valence-electron chi connectivity index (χ0n) is 12.0. The second-order valence-electron chi connectivity index (χ2n) is 4.81. The van der Waals surface area contributed by atoms with Gasteiger partial charge in [-0.3, -0.25) is 10.2 Å². The van der Waals surface area contributed by atoms with E-state index in [2.05, 4.69) is 25.1 Å². The van der Waals surface area contributed by atoms with E-state index in [4.69, 9.17) is 0 Å². The molecule has 0 spiro atoms. The van der Waals surface area contributed by atoms with Gasteiger partial charge in [-0.05, 0) is 32.3 Å². The first kappa shape index (κ1) is 15.7. The number of nitrogens with zero attached hydrogens (tertiary/aromatic N) is 2. The van der Waals surface area contributed by atoms with Crippen LogP contribution in [0.2, 0.25) is 0 Å². The maximum atomic E-state index is 12.1. The molecule has 2 heterocycles. The van der Waals surface area contributed by atoms with Crippen LogP contribution in [0.25, 0.3) is 0 Å². The van der Waals surface area contributed by atoms with Crippen LogP contribution in [0.5, 0.6) is 0 Å². The molecule has 0 saturated carbocycles. The number of H-pyrrole nitrogens is 2. The van der Waals surface area contributed by atoms with Crippen molar-refractivity contribution in [3.63, 3.8) is 0 Å². The number of aromatic amines is 2. The SMILES string of the molecule is Cc1[nH]ncc1CCCNS(=O)(=O)c1n[nH]c(C)c1CO. The van der Waals surface area contributed by atoms with Crippen LogP contribution < -0.4 is 4.72 Å². The van der Waals surface area contributed by atoms with Crippen LogP contribution in [0.1, 0.15) is 28.9 Å². The van der Waals surface area contributed by atoms with Crippen LogP contribution in [0, 0.1) is 13.8 Å². The van der Waals surface area contributed by atoms with E-state index < -0.39 is 10.0 Å². The van der Waals surface area contributed by atoms with Crippen molar-refractivity contribution in [3.8, 4) is 0 Å². The van der Waals surface area contributed by atoms with Gasteiger partial charge < -0.3 is 5.11 Å². The summed E-state index contributed by atoms with van der Waals surface area (Å²) < 4.78 is 26.8. The van der Waals surface area contributed by atoms with Gasteiger partial charge in [0.25, 0.3) is 10.0 Å². The van der Waals surface area contributed by atoms with Gasteiger partial charge in [0.1, 0.15) is 0 Å². The van der Waals surface area contributed by atoms with Gasteiger partial charge in [-0.1, -0.05) is 0 Å². The Balaban J connectivity index is 1.94. The lowest BCUT2D eigenvalue weighted by Crippen LogP contribution is -2.26. The fraction of sp³-hybridized carbons (Fsp3) is 0.500. The quantitative estimate of drug-likeness (QED) is 0.542. The molecule has 2 rings (SSSR count). The summed E-state index contributed by atoms with van der Waals surface area (Å²) in [5, 5.41) is 22.2. The van der Waals surface area contributed by atoms with Gasteiger partial charge in [-0.25, -0.2) is 13.1 Å². The molecule has 0 radical (unpaired) electrons. The zero-order chi connectivity index (χ0) is 15.5. The van der Waals surface area contributed by atoms with Gasteiger partial charge in [0.05, 0.1) is 12.8 Å². The molecule has 4 N–H and O–H groups in total. The lowest BCUT2D eigenvalue weighted by molar-refractivity contribution is 0.277.